The maximum absolute atomic E-state index is 13.9. The molecule has 1 N–H and O–H groups in total. The van der Waals surface area contributed by atoms with Gasteiger partial charge in [0.25, 0.3) is 0 Å². The second-order valence-corrected chi connectivity index (χ2v) is 5.77. The van der Waals surface area contributed by atoms with Crippen LogP contribution in [-0.2, 0) is 6.54 Å². The monoisotopic (exact) mass is 339 g/mol. The van der Waals surface area contributed by atoms with E-state index in [2.05, 4.69) is 35.1 Å². The third-order valence-electron chi connectivity index (χ3n) is 3.18. The van der Waals surface area contributed by atoms with Crippen molar-refractivity contribution in [3.8, 4) is 0 Å². The summed E-state index contributed by atoms with van der Waals surface area (Å²) in [5.41, 5.74) is 2.07. The lowest BCUT2D eigenvalue weighted by Gasteiger charge is -2.15. The van der Waals surface area contributed by atoms with Crippen LogP contribution in [0.25, 0.3) is 0 Å². The first-order valence-electron chi connectivity index (χ1n) is 6.46. The minimum absolute atomic E-state index is 0.0398. The smallest absolute Gasteiger partial charge is 0.145 e. The Hall–Kier alpha value is -1.42. The van der Waals surface area contributed by atoms with Gasteiger partial charge in [0.2, 0.25) is 0 Å². The Bertz CT molecular complexity index is 611. The van der Waals surface area contributed by atoms with Gasteiger partial charge in [-0.05, 0) is 45.6 Å². The molecule has 0 atom stereocenters. The molecule has 0 heterocycles. The number of para-hydroxylation sites is 1. The molecule has 0 amide bonds. The van der Waals surface area contributed by atoms with Gasteiger partial charge in [-0.25, -0.2) is 8.78 Å². The third kappa shape index (κ3) is 3.18. The van der Waals surface area contributed by atoms with Crippen LogP contribution in [0.4, 0.5) is 14.5 Å². The highest BCUT2D eigenvalue weighted by molar-refractivity contribution is 9.10. The van der Waals surface area contributed by atoms with E-state index in [0.717, 1.165) is 11.3 Å². The maximum atomic E-state index is 13.9. The number of halogens is 3. The molecule has 0 aromatic heterocycles. The van der Waals surface area contributed by atoms with Crippen molar-refractivity contribution in [1.29, 1.82) is 0 Å². The van der Waals surface area contributed by atoms with Crippen LogP contribution in [0.3, 0.4) is 0 Å². The van der Waals surface area contributed by atoms with Crippen molar-refractivity contribution in [2.24, 2.45) is 0 Å². The first kappa shape index (κ1) is 15.0. The van der Waals surface area contributed by atoms with Gasteiger partial charge in [-0.1, -0.05) is 32.0 Å². The van der Waals surface area contributed by atoms with E-state index in [9.17, 15) is 8.78 Å². The van der Waals surface area contributed by atoms with E-state index in [4.69, 9.17) is 0 Å². The largest absolute Gasteiger partial charge is 0.381 e. The standard InChI is InChI=1S/C16H16BrF2N/c1-10(2)11-5-3-4-6-15(11)20-9-12-14(18)8-7-13(17)16(12)19/h3-8,10,20H,9H2,1-2H3. The van der Waals surface area contributed by atoms with Crippen LogP contribution in [0.2, 0.25) is 0 Å². The lowest BCUT2D eigenvalue weighted by Crippen LogP contribution is -2.07. The minimum atomic E-state index is -0.556. The highest BCUT2D eigenvalue weighted by atomic mass is 79.9. The van der Waals surface area contributed by atoms with Gasteiger partial charge in [0.1, 0.15) is 11.6 Å². The van der Waals surface area contributed by atoms with Gasteiger partial charge >= 0.3 is 0 Å². The van der Waals surface area contributed by atoms with Gasteiger partial charge in [0.05, 0.1) is 4.47 Å². The van der Waals surface area contributed by atoms with Crippen LogP contribution < -0.4 is 5.32 Å². The third-order valence-corrected chi connectivity index (χ3v) is 3.79. The zero-order valence-corrected chi connectivity index (χ0v) is 13.0. The molecule has 0 radical (unpaired) electrons. The fourth-order valence-corrected chi connectivity index (χ4v) is 2.45. The summed E-state index contributed by atoms with van der Waals surface area (Å²) >= 11 is 3.07. The molecule has 1 nitrogen and oxygen atoms in total. The molecule has 0 unspecified atom stereocenters. The number of hydrogen-bond acceptors (Lipinski definition) is 1. The molecule has 0 saturated carbocycles. The van der Waals surface area contributed by atoms with E-state index in [1.807, 2.05) is 24.3 Å². The van der Waals surface area contributed by atoms with Crippen molar-refractivity contribution in [3.05, 3.63) is 63.6 Å². The second kappa shape index (κ2) is 6.35. The predicted molar refractivity (Wildman–Crippen MR) is 81.9 cm³/mol. The Kier molecular flexibility index (Phi) is 4.76. The van der Waals surface area contributed by atoms with E-state index in [1.165, 1.54) is 12.1 Å². The van der Waals surface area contributed by atoms with Crippen molar-refractivity contribution in [2.75, 3.05) is 5.32 Å². The topological polar surface area (TPSA) is 12.0 Å². The van der Waals surface area contributed by atoms with Crippen LogP contribution in [-0.4, -0.2) is 0 Å². The quantitative estimate of drug-likeness (QED) is 0.729. The van der Waals surface area contributed by atoms with Gasteiger partial charge in [0, 0.05) is 17.8 Å². The molecule has 20 heavy (non-hydrogen) atoms. The molecule has 0 bridgehead atoms. The summed E-state index contributed by atoms with van der Waals surface area (Å²) in [6.45, 7) is 4.28. The molecule has 0 fully saturated rings. The lowest BCUT2D eigenvalue weighted by atomic mass is 10.0. The summed E-state index contributed by atoms with van der Waals surface area (Å²) in [4.78, 5) is 0. The lowest BCUT2D eigenvalue weighted by molar-refractivity contribution is 0.555. The zero-order chi connectivity index (χ0) is 14.7. The number of hydrogen-bond donors (Lipinski definition) is 1. The van der Waals surface area contributed by atoms with Gasteiger partial charge in [-0.2, -0.15) is 0 Å². The van der Waals surface area contributed by atoms with E-state index >= 15 is 0 Å². The van der Waals surface area contributed by atoms with Crippen molar-refractivity contribution in [1.82, 2.24) is 0 Å². The Morgan fingerprint density at radius 3 is 2.50 bits per heavy atom. The number of rotatable bonds is 4. The van der Waals surface area contributed by atoms with Crippen molar-refractivity contribution >= 4 is 21.6 Å². The highest BCUT2D eigenvalue weighted by Crippen LogP contribution is 2.26. The van der Waals surface area contributed by atoms with Crippen LogP contribution in [0.15, 0.2) is 40.9 Å². The highest BCUT2D eigenvalue weighted by Gasteiger charge is 2.13. The van der Waals surface area contributed by atoms with Crippen LogP contribution in [0.1, 0.15) is 30.9 Å². The molecule has 0 aliphatic rings. The van der Waals surface area contributed by atoms with Crippen molar-refractivity contribution < 1.29 is 8.78 Å². The number of anilines is 1. The molecule has 0 spiro atoms. The van der Waals surface area contributed by atoms with Crippen LogP contribution in [0, 0.1) is 11.6 Å². The fraction of sp³-hybridized carbons (Fsp3) is 0.250. The molecule has 0 aliphatic heterocycles. The summed E-state index contributed by atoms with van der Waals surface area (Å²) in [6.07, 6.45) is 0. The van der Waals surface area contributed by atoms with Gasteiger partial charge in [-0.15, -0.1) is 0 Å². The molecule has 0 saturated heterocycles. The molecule has 106 valence electrons. The van der Waals surface area contributed by atoms with Crippen molar-refractivity contribution in [2.45, 2.75) is 26.3 Å². The first-order valence-corrected chi connectivity index (χ1v) is 7.25. The maximum Gasteiger partial charge on any atom is 0.145 e. The van der Waals surface area contributed by atoms with Gasteiger partial charge in [0.15, 0.2) is 0 Å². The fourth-order valence-electron chi connectivity index (χ4n) is 2.08. The molecule has 2 rings (SSSR count). The molecular formula is C16H16BrF2N. The summed E-state index contributed by atoms with van der Waals surface area (Å²) in [7, 11) is 0. The Labute approximate surface area is 126 Å². The van der Waals surface area contributed by atoms with E-state index < -0.39 is 11.6 Å². The summed E-state index contributed by atoms with van der Waals surface area (Å²) < 4.78 is 27.9. The first-order chi connectivity index (χ1) is 9.50. The molecule has 2 aromatic carbocycles. The van der Waals surface area contributed by atoms with E-state index in [1.54, 1.807) is 0 Å². The Morgan fingerprint density at radius 1 is 1.10 bits per heavy atom. The molecule has 2 aromatic rings. The Morgan fingerprint density at radius 2 is 1.80 bits per heavy atom. The molecule has 4 heteroatoms. The minimum Gasteiger partial charge on any atom is -0.381 e. The van der Waals surface area contributed by atoms with Crippen LogP contribution in [0.5, 0.6) is 0 Å². The second-order valence-electron chi connectivity index (χ2n) is 4.92. The normalized spacial score (nSPS) is 10.9. The summed E-state index contributed by atoms with van der Waals surface area (Å²) in [5.74, 6) is -0.754. The summed E-state index contributed by atoms with van der Waals surface area (Å²) in [5, 5.41) is 3.12. The Balaban J connectivity index is 2.24. The van der Waals surface area contributed by atoms with Crippen molar-refractivity contribution in [3.63, 3.8) is 0 Å². The van der Waals surface area contributed by atoms with Gasteiger partial charge < -0.3 is 5.32 Å². The zero-order valence-electron chi connectivity index (χ0n) is 11.4. The van der Waals surface area contributed by atoms with Crippen LogP contribution >= 0.6 is 15.9 Å². The number of nitrogens with one attached hydrogen (secondary N) is 1. The predicted octanol–water partition coefficient (Wildman–Crippen LogP) is 5.46. The van der Waals surface area contributed by atoms with E-state index in [-0.39, 0.29) is 16.6 Å². The molecule has 0 aliphatic carbocycles. The molecular weight excluding hydrogens is 324 g/mol. The van der Waals surface area contributed by atoms with Gasteiger partial charge in [-0.3, -0.25) is 0 Å². The summed E-state index contributed by atoms with van der Waals surface area (Å²) in [6, 6.07) is 10.4. The van der Waals surface area contributed by atoms with E-state index in [0.29, 0.717) is 5.92 Å². The SMILES string of the molecule is CC(C)c1ccccc1NCc1c(F)ccc(Br)c1F. The average molecular weight is 340 g/mol. The average Bonchev–Trinajstić information content (AvgIpc) is 2.43. The number of benzene rings is 2.